The van der Waals surface area contributed by atoms with Gasteiger partial charge in [-0.05, 0) is 55.0 Å². The molecule has 0 aromatic carbocycles. The fourth-order valence-electron chi connectivity index (χ4n) is 3.73. The van der Waals surface area contributed by atoms with Gasteiger partial charge in [-0.25, -0.2) is 4.79 Å². The molecule has 23 heavy (non-hydrogen) atoms. The molecular weight excluding hydrogens is 306 g/mol. The lowest BCUT2D eigenvalue weighted by Gasteiger charge is -2.35. The van der Waals surface area contributed by atoms with Gasteiger partial charge in [0, 0.05) is 31.2 Å². The molecule has 0 bridgehead atoms. The van der Waals surface area contributed by atoms with Gasteiger partial charge in [-0.15, -0.1) is 0 Å². The van der Waals surface area contributed by atoms with E-state index in [0.717, 1.165) is 38.8 Å². The molecule has 2 amide bonds. The Balaban J connectivity index is 1.40. The highest BCUT2D eigenvalue weighted by molar-refractivity contribution is 7.07. The van der Waals surface area contributed by atoms with Crippen LogP contribution in [0.4, 0.5) is 4.79 Å². The van der Waals surface area contributed by atoms with Gasteiger partial charge in [0.2, 0.25) is 0 Å². The number of hydrogen-bond donors (Lipinski definition) is 2. The van der Waals surface area contributed by atoms with Gasteiger partial charge in [-0.1, -0.05) is 19.3 Å². The lowest BCUT2D eigenvalue weighted by molar-refractivity contribution is 0.168. The molecule has 5 heteroatoms. The fourth-order valence-corrected chi connectivity index (χ4v) is 4.49. The van der Waals surface area contributed by atoms with Crippen LogP contribution in [0, 0.1) is 0 Å². The van der Waals surface area contributed by atoms with E-state index < -0.39 is 0 Å². The van der Waals surface area contributed by atoms with Gasteiger partial charge in [-0.2, -0.15) is 11.3 Å². The maximum absolute atomic E-state index is 12.4. The monoisotopic (exact) mass is 335 g/mol. The minimum absolute atomic E-state index is 0.154. The predicted molar refractivity (Wildman–Crippen MR) is 95.9 cm³/mol. The number of amides is 2. The second kappa shape index (κ2) is 8.15. The van der Waals surface area contributed by atoms with Crippen LogP contribution in [0.2, 0.25) is 0 Å². The molecule has 4 nitrogen and oxygen atoms in total. The third-order valence-electron chi connectivity index (χ3n) is 5.24. The zero-order valence-corrected chi connectivity index (χ0v) is 14.9. The van der Waals surface area contributed by atoms with Crippen LogP contribution in [0.3, 0.4) is 0 Å². The van der Waals surface area contributed by atoms with Crippen molar-refractivity contribution in [1.82, 2.24) is 15.5 Å². The minimum Gasteiger partial charge on any atom is -0.335 e. The minimum atomic E-state index is 0.154. The summed E-state index contributed by atoms with van der Waals surface area (Å²) in [7, 11) is 0. The Morgan fingerprint density at radius 1 is 1.17 bits per heavy atom. The van der Waals surface area contributed by atoms with E-state index in [1.165, 1.54) is 24.8 Å². The standard InChI is InChI=1S/C18H29N3OS/c1-14(15-9-12-23-13-15)19-17-7-10-21(11-8-17)18(22)20-16-5-3-2-4-6-16/h9,12-14,16-17,19H,2-8,10-11H2,1H3,(H,20,22)/t14-/m1/s1. The van der Waals surface area contributed by atoms with Crippen LogP contribution < -0.4 is 10.6 Å². The average molecular weight is 336 g/mol. The average Bonchev–Trinajstić information content (AvgIpc) is 3.11. The van der Waals surface area contributed by atoms with Crippen LogP contribution in [-0.4, -0.2) is 36.1 Å². The van der Waals surface area contributed by atoms with Crippen LogP contribution in [0.15, 0.2) is 16.8 Å². The molecule has 2 fully saturated rings. The van der Waals surface area contributed by atoms with Gasteiger partial charge in [-0.3, -0.25) is 0 Å². The topological polar surface area (TPSA) is 44.4 Å². The SMILES string of the molecule is C[C@@H](NC1CCN(C(=O)NC2CCCCC2)CC1)c1ccsc1. The van der Waals surface area contributed by atoms with Crippen molar-refractivity contribution >= 4 is 17.4 Å². The van der Waals surface area contributed by atoms with Crippen LogP contribution in [-0.2, 0) is 0 Å². The van der Waals surface area contributed by atoms with E-state index in [1.54, 1.807) is 11.3 Å². The highest BCUT2D eigenvalue weighted by Crippen LogP contribution is 2.20. The predicted octanol–water partition coefficient (Wildman–Crippen LogP) is 3.91. The molecule has 2 heterocycles. The number of carbonyl (C=O) groups is 1. The molecule has 0 radical (unpaired) electrons. The van der Waals surface area contributed by atoms with E-state index >= 15 is 0 Å². The zero-order chi connectivity index (χ0) is 16.1. The Kier molecular flexibility index (Phi) is 5.95. The summed E-state index contributed by atoms with van der Waals surface area (Å²) >= 11 is 1.75. The first kappa shape index (κ1) is 16.8. The maximum Gasteiger partial charge on any atom is 0.317 e. The number of nitrogens with zero attached hydrogens (tertiary/aromatic N) is 1. The Morgan fingerprint density at radius 3 is 2.57 bits per heavy atom. The number of urea groups is 1. The van der Waals surface area contributed by atoms with Crippen LogP contribution in [0.5, 0.6) is 0 Å². The van der Waals surface area contributed by atoms with Gasteiger partial charge >= 0.3 is 6.03 Å². The van der Waals surface area contributed by atoms with E-state index in [2.05, 4.69) is 34.4 Å². The molecule has 1 saturated carbocycles. The first-order chi connectivity index (χ1) is 11.2. The normalized spacial score (nSPS) is 22.0. The van der Waals surface area contributed by atoms with Gasteiger partial charge in [0.15, 0.2) is 0 Å². The molecule has 2 aliphatic rings. The summed E-state index contributed by atoms with van der Waals surface area (Å²) in [4.78, 5) is 14.4. The Bertz CT molecular complexity index is 476. The van der Waals surface area contributed by atoms with Crippen LogP contribution in [0.1, 0.15) is 63.5 Å². The molecular formula is C18H29N3OS. The molecule has 0 unspecified atom stereocenters. The molecule has 1 saturated heterocycles. The molecule has 1 aliphatic heterocycles. The van der Waals surface area contributed by atoms with Gasteiger partial charge < -0.3 is 15.5 Å². The first-order valence-corrected chi connectivity index (χ1v) is 10.0. The van der Waals surface area contributed by atoms with E-state index in [0.29, 0.717) is 18.1 Å². The van der Waals surface area contributed by atoms with Crippen molar-refractivity contribution in [2.75, 3.05) is 13.1 Å². The summed E-state index contributed by atoms with van der Waals surface area (Å²) in [5.41, 5.74) is 1.37. The largest absolute Gasteiger partial charge is 0.335 e. The lowest BCUT2D eigenvalue weighted by Crippen LogP contribution is -2.51. The van der Waals surface area contributed by atoms with Gasteiger partial charge in [0.1, 0.15) is 0 Å². The van der Waals surface area contributed by atoms with Crippen molar-refractivity contribution in [1.29, 1.82) is 0 Å². The van der Waals surface area contributed by atoms with Crippen molar-refractivity contribution in [3.05, 3.63) is 22.4 Å². The van der Waals surface area contributed by atoms with Crippen molar-refractivity contribution < 1.29 is 4.79 Å². The van der Waals surface area contributed by atoms with Gasteiger partial charge in [0.25, 0.3) is 0 Å². The first-order valence-electron chi connectivity index (χ1n) is 9.06. The number of carbonyl (C=O) groups excluding carboxylic acids is 1. The maximum atomic E-state index is 12.4. The van der Waals surface area contributed by atoms with Crippen LogP contribution >= 0.6 is 11.3 Å². The van der Waals surface area contributed by atoms with E-state index in [4.69, 9.17) is 0 Å². The van der Waals surface area contributed by atoms with Crippen molar-refractivity contribution in [3.63, 3.8) is 0 Å². The number of hydrogen-bond acceptors (Lipinski definition) is 3. The molecule has 2 N–H and O–H groups in total. The molecule has 1 atom stereocenters. The summed E-state index contributed by atoms with van der Waals surface area (Å²) in [6.45, 7) is 3.96. The van der Waals surface area contributed by atoms with Crippen LogP contribution in [0.25, 0.3) is 0 Å². The Hall–Kier alpha value is -1.07. The summed E-state index contributed by atoms with van der Waals surface area (Å²) in [5.74, 6) is 0. The summed E-state index contributed by atoms with van der Waals surface area (Å²) in [5, 5.41) is 11.3. The van der Waals surface area contributed by atoms with Gasteiger partial charge in [0.05, 0.1) is 0 Å². The molecule has 1 aromatic rings. The highest BCUT2D eigenvalue weighted by atomic mass is 32.1. The Morgan fingerprint density at radius 2 is 1.91 bits per heavy atom. The van der Waals surface area contributed by atoms with Crippen molar-refractivity contribution in [3.8, 4) is 0 Å². The molecule has 1 aliphatic carbocycles. The summed E-state index contributed by atoms with van der Waals surface area (Å²) < 4.78 is 0. The second-order valence-electron chi connectivity index (χ2n) is 6.99. The van der Waals surface area contributed by atoms with Crippen molar-refractivity contribution in [2.45, 2.75) is 70.0 Å². The number of rotatable bonds is 4. The third kappa shape index (κ3) is 4.70. The molecule has 1 aromatic heterocycles. The number of nitrogens with one attached hydrogen (secondary N) is 2. The second-order valence-corrected chi connectivity index (χ2v) is 7.77. The fraction of sp³-hybridized carbons (Fsp3) is 0.722. The number of likely N-dealkylation sites (tertiary alicyclic amines) is 1. The molecule has 0 spiro atoms. The smallest absolute Gasteiger partial charge is 0.317 e. The highest BCUT2D eigenvalue weighted by Gasteiger charge is 2.25. The molecule has 128 valence electrons. The lowest BCUT2D eigenvalue weighted by atomic mass is 9.95. The summed E-state index contributed by atoms with van der Waals surface area (Å²) in [6, 6.07) is 3.67. The van der Waals surface area contributed by atoms with Crippen molar-refractivity contribution in [2.24, 2.45) is 0 Å². The molecule has 3 rings (SSSR count). The van der Waals surface area contributed by atoms with E-state index in [-0.39, 0.29) is 6.03 Å². The Labute approximate surface area is 143 Å². The quantitative estimate of drug-likeness (QED) is 0.876. The van der Waals surface area contributed by atoms with E-state index in [9.17, 15) is 4.79 Å². The van der Waals surface area contributed by atoms with E-state index in [1.807, 2.05) is 4.90 Å². The summed E-state index contributed by atoms with van der Waals surface area (Å²) in [6.07, 6.45) is 8.25. The number of thiophene rings is 1. The third-order valence-corrected chi connectivity index (χ3v) is 5.95. The number of piperidine rings is 1. The zero-order valence-electron chi connectivity index (χ0n) is 14.1.